The number of guanidine groups is 1. The molecule has 0 bridgehead atoms. The number of hydrogen-bond acceptors (Lipinski definition) is 3. The van der Waals surface area contributed by atoms with Gasteiger partial charge in [0, 0.05) is 12.2 Å². The van der Waals surface area contributed by atoms with Crippen LogP contribution in [0.5, 0.6) is 5.75 Å². The molecule has 0 aromatic heterocycles. The molecular formula is C20H26FIN4O2. The first-order valence-electron chi connectivity index (χ1n) is 8.77. The topological polar surface area (TPSA) is 88.7 Å². The van der Waals surface area contributed by atoms with Crippen LogP contribution in [0.3, 0.4) is 0 Å². The standard InChI is InChI=1S/C20H25FN4O2.HI/c1-14(2)27-18-8-6-17(7-9-18)25-20(22)24-11-10-23-19(26)13-15-4-3-5-16(21)12-15;/h3-9,12,14H,10-11,13H2,1-2H3,(H,23,26)(H3,22,24,25);1H. The molecule has 0 aliphatic carbocycles. The summed E-state index contributed by atoms with van der Waals surface area (Å²) in [5.41, 5.74) is 7.26. The number of nitrogens with two attached hydrogens (primary N) is 1. The molecule has 4 N–H and O–H groups in total. The lowest BCUT2D eigenvalue weighted by atomic mass is 10.1. The predicted octanol–water partition coefficient (Wildman–Crippen LogP) is 3.32. The Morgan fingerprint density at radius 3 is 2.57 bits per heavy atom. The lowest BCUT2D eigenvalue weighted by Crippen LogP contribution is -2.29. The molecule has 2 aromatic carbocycles. The molecule has 0 atom stereocenters. The number of benzene rings is 2. The van der Waals surface area contributed by atoms with E-state index >= 15 is 0 Å². The first-order valence-corrected chi connectivity index (χ1v) is 8.77. The second kappa shape index (κ2) is 12.2. The zero-order valence-electron chi connectivity index (χ0n) is 15.9. The third-order valence-corrected chi connectivity index (χ3v) is 3.47. The fourth-order valence-corrected chi connectivity index (χ4v) is 2.34. The average Bonchev–Trinajstić information content (AvgIpc) is 2.60. The molecule has 0 aliphatic rings. The molecule has 0 fully saturated rings. The van der Waals surface area contributed by atoms with Crippen molar-refractivity contribution >= 4 is 41.5 Å². The number of hydrogen-bond donors (Lipinski definition) is 3. The number of nitrogens with zero attached hydrogens (tertiary/aromatic N) is 1. The maximum atomic E-state index is 13.1. The van der Waals surface area contributed by atoms with E-state index in [4.69, 9.17) is 10.5 Å². The second-order valence-corrected chi connectivity index (χ2v) is 6.24. The van der Waals surface area contributed by atoms with Crippen LogP contribution >= 0.6 is 24.0 Å². The van der Waals surface area contributed by atoms with Crippen LogP contribution in [0.2, 0.25) is 0 Å². The molecule has 8 heteroatoms. The number of nitrogens with one attached hydrogen (secondary N) is 2. The van der Waals surface area contributed by atoms with Crippen molar-refractivity contribution in [3.8, 4) is 5.75 Å². The van der Waals surface area contributed by atoms with E-state index in [-0.39, 0.29) is 54.2 Å². The zero-order valence-corrected chi connectivity index (χ0v) is 18.3. The van der Waals surface area contributed by atoms with Crippen molar-refractivity contribution in [2.24, 2.45) is 10.7 Å². The van der Waals surface area contributed by atoms with Gasteiger partial charge in [-0.15, -0.1) is 24.0 Å². The zero-order chi connectivity index (χ0) is 19.6. The van der Waals surface area contributed by atoms with Crippen molar-refractivity contribution in [3.05, 3.63) is 59.9 Å². The number of ether oxygens (including phenoxy) is 1. The van der Waals surface area contributed by atoms with E-state index in [1.54, 1.807) is 12.1 Å². The van der Waals surface area contributed by atoms with E-state index < -0.39 is 0 Å². The van der Waals surface area contributed by atoms with Crippen LogP contribution < -0.4 is 21.1 Å². The SMILES string of the molecule is CC(C)Oc1ccc(NC(N)=NCCNC(=O)Cc2cccc(F)c2)cc1.I. The predicted molar refractivity (Wildman–Crippen MR) is 121 cm³/mol. The minimum Gasteiger partial charge on any atom is -0.491 e. The monoisotopic (exact) mass is 500 g/mol. The van der Waals surface area contributed by atoms with E-state index in [1.807, 2.05) is 38.1 Å². The summed E-state index contributed by atoms with van der Waals surface area (Å²) >= 11 is 0. The minimum absolute atomic E-state index is 0. The molecule has 152 valence electrons. The summed E-state index contributed by atoms with van der Waals surface area (Å²) < 4.78 is 18.7. The molecule has 6 nitrogen and oxygen atoms in total. The number of halogens is 2. The van der Waals surface area contributed by atoms with Crippen molar-refractivity contribution in [2.75, 3.05) is 18.4 Å². The van der Waals surface area contributed by atoms with E-state index in [9.17, 15) is 9.18 Å². The average molecular weight is 500 g/mol. The largest absolute Gasteiger partial charge is 0.491 e. The summed E-state index contributed by atoms with van der Waals surface area (Å²) in [6, 6.07) is 13.4. The van der Waals surface area contributed by atoms with Gasteiger partial charge in [0.1, 0.15) is 11.6 Å². The van der Waals surface area contributed by atoms with E-state index in [0.717, 1.165) is 11.4 Å². The highest BCUT2D eigenvalue weighted by Crippen LogP contribution is 2.16. The lowest BCUT2D eigenvalue weighted by molar-refractivity contribution is -0.120. The number of amides is 1. The number of aliphatic imine (C=N–C) groups is 1. The molecule has 0 unspecified atom stereocenters. The Kier molecular flexibility index (Phi) is 10.3. The van der Waals surface area contributed by atoms with E-state index in [0.29, 0.717) is 18.7 Å². The van der Waals surface area contributed by atoms with Gasteiger partial charge in [-0.1, -0.05) is 12.1 Å². The smallest absolute Gasteiger partial charge is 0.224 e. The van der Waals surface area contributed by atoms with Gasteiger partial charge in [0.2, 0.25) is 5.91 Å². The van der Waals surface area contributed by atoms with Gasteiger partial charge in [-0.25, -0.2) is 4.39 Å². The molecule has 0 spiro atoms. The van der Waals surface area contributed by atoms with Gasteiger partial charge in [-0.05, 0) is 55.8 Å². The van der Waals surface area contributed by atoms with Crippen molar-refractivity contribution in [2.45, 2.75) is 26.4 Å². The van der Waals surface area contributed by atoms with Crippen LogP contribution in [0.25, 0.3) is 0 Å². The first-order chi connectivity index (χ1) is 12.9. The molecule has 0 heterocycles. The van der Waals surface area contributed by atoms with Gasteiger partial charge >= 0.3 is 0 Å². The van der Waals surface area contributed by atoms with Crippen LogP contribution in [-0.2, 0) is 11.2 Å². The highest BCUT2D eigenvalue weighted by atomic mass is 127. The quantitative estimate of drug-likeness (QED) is 0.225. The molecule has 2 rings (SSSR count). The molecule has 28 heavy (non-hydrogen) atoms. The maximum Gasteiger partial charge on any atom is 0.224 e. The summed E-state index contributed by atoms with van der Waals surface area (Å²) in [4.78, 5) is 16.0. The third kappa shape index (κ3) is 9.03. The number of anilines is 1. The number of rotatable bonds is 8. The fraction of sp³-hybridized carbons (Fsp3) is 0.300. The molecule has 2 aromatic rings. The Labute approximate surface area is 181 Å². The Hall–Kier alpha value is -2.36. The van der Waals surface area contributed by atoms with Gasteiger partial charge in [0.25, 0.3) is 0 Å². The van der Waals surface area contributed by atoms with E-state index in [1.165, 1.54) is 12.1 Å². The summed E-state index contributed by atoms with van der Waals surface area (Å²) in [5, 5.41) is 5.70. The molecule has 0 saturated heterocycles. The van der Waals surface area contributed by atoms with Crippen LogP contribution in [0, 0.1) is 5.82 Å². The van der Waals surface area contributed by atoms with Gasteiger partial charge in [0.15, 0.2) is 5.96 Å². The number of carbonyl (C=O) groups excluding carboxylic acids is 1. The van der Waals surface area contributed by atoms with Crippen LogP contribution in [0.15, 0.2) is 53.5 Å². The van der Waals surface area contributed by atoms with Gasteiger partial charge < -0.3 is 21.1 Å². The molecule has 0 saturated carbocycles. The van der Waals surface area contributed by atoms with E-state index in [2.05, 4.69) is 15.6 Å². The maximum absolute atomic E-state index is 13.1. The highest BCUT2D eigenvalue weighted by molar-refractivity contribution is 14.0. The van der Waals surface area contributed by atoms with Gasteiger partial charge in [0.05, 0.1) is 19.1 Å². The Morgan fingerprint density at radius 1 is 1.21 bits per heavy atom. The van der Waals surface area contributed by atoms with Crippen molar-refractivity contribution in [1.82, 2.24) is 5.32 Å². The number of carbonyl (C=O) groups is 1. The molecular weight excluding hydrogens is 474 g/mol. The Balaban J connectivity index is 0.00000392. The molecule has 0 radical (unpaired) electrons. The second-order valence-electron chi connectivity index (χ2n) is 6.24. The fourth-order valence-electron chi connectivity index (χ4n) is 2.34. The summed E-state index contributed by atoms with van der Waals surface area (Å²) in [7, 11) is 0. The lowest BCUT2D eigenvalue weighted by Gasteiger charge is -2.11. The molecule has 1 amide bonds. The van der Waals surface area contributed by atoms with Crippen LogP contribution in [0.4, 0.5) is 10.1 Å². The summed E-state index contributed by atoms with van der Waals surface area (Å²) in [6.45, 7) is 4.61. The van der Waals surface area contributed by atoms with Crippen molar-refractivity contribution in [3.63, 3.8) is 0 Å². The minimum atomic E-state index is -0.354. The van der Waals surface area contributed by atoms with Crippen LogP contribution in [-0.4, -0.2) is 31.1 Å². The van der Waals surface area contributed by atoms with Gasteiger partial charge in [-0.3, -0.25) is 9.79 Å². The van der Waals surface area contributed by atoms with Crippen LogP contribution in [0.1, 0.15) is 19.4 Å². The summed E-state index contributed by atoms with van der Waals surface area (Å²) in [6.07, 6.45) is 0.242. The molecule has 0 aliphatic heterocycles. The Bertz CT molecular complexity index is 782. The highest BCUT2D eigenvalue weighted by Gasteiger charge is 2.04. The Morgan fingerprint density at radius 2 is 1.93 bits per heavy atom. The summed E-state index contributed by atoms with van der Waals surface area (Å²) in [5.74, 6) is 0.495. The van der Waals surface area contributed by atoms with Crippen molar-refractivity contribution in [1.29, 1.82) is 0 Å². The van der Waals surface area contributed by atoms with Crippen molar-refractivity contribution < 1.29 is 13.9 Å². The van der Waals surface area contributed by atoms with Gasteiger partial charge in [-0.2, -0.15) is 0 Å². The normalized spacial score (nSPS) is 10.9. The third-order valence-electron chi connectivity index (χ3n) is 3.47. The first kappa shape index (κ1) is 23.7.